The van der Waals surface area contributed by atoms with Crippen LogP contribution in [0.2, 0.25) is 0 Å². The maximum atomic E-state index is 12.5. The molecule has 0 saturated heterocycles. The fourth-order valence-corrected chi connectivity index (χ4v) is 8.30. The van der Waals surface area contributed by atoms with Gasteiger partial charge in [0.15, 0.2) is 0 Å². The van der Waals surface area contributed by atoms with Crippen molar-refractivity contribution in [2.24, 2.45) is 11.3 Å². The van der Waals surface area contributed by atoms with Gasteiger partial charge in [0, 0.05) is 24.0 Å². The third-order valence-electron chi connectivity index (χ3n) is 12.0. The van der Waals surface area contributed by atoms with E-state index in [1.54, 1.807) is 0 Å². The molecule has 0 atom stereocenters. The molecular formula is C53H65N3O5. The summed E-state index contributed by atoms with van der Waals surface area (Å²) in [5.41, 5.74) is 8.09. The van der Waals surface area contributed by atoms with E-state index in [9.17, 15) is 25.4 Å². The molecule has 0 spiro atoms. The number of nitrogens with zero attached hydrogens (tertiary/aromatic N) is 3. The molecule has 3 aromatic carbocycles. The van der Waals surface area contributed by atoms with Crippen LogP contribution in [0.4, 0.5) is 0 Å². The quantitative estimate of drug-likeness (QED) is 0.0495. The Morgan fingerprint density at radius 1 is 0.689 bits per heavy atom. The SMILES string of the molecule is C=C(C)C(=O)OCC(CC#N)(COC(=O)C(=C)C)COc1c(CCCC#N)cc(-c2ccc(-c3ccc(C4CCC(CCCCC)CC4)cc3)cc2CC)cc1CCCC#N. The molecule has 1 fully saturated rings. The topological polar surface area (TPSA) is 133 Å². The first-order chi connectivity index (χ1) is 29.5. The average molecular weight is 824 g/mol. The van der Waals surface area contributed by atoms with Gasteiger partial charge in [0.2, 0.25) is 0 Å². The van der Waals surface area contributed by atoms with E-state index in [4.69, 9.17) is 14.2 Å². The number of aryl methyl sites for hydroxylation is 3. The monoisotopic (exact) mass is 823 g/mol. The van der Waals surface area contributed by atoms with Crippen LogP contribution < -0.4 is 4.74 Å². The van der Waals surface area contributed by atoms with Crippen molar-refractivity contribution < 1.29 is 23.8 Å². The van der Waals surface area contributed by atoms with Crippen molar-refractivity contribution in [3.8, 4) is 46.2 Å². The number of hydrogen-bond acceptors (Lipinski definition) is 8. The summed E-state index contributed by atoms with van der Waals surface area (Å²) < 4.78 is 17.8. The van der Waals surface area contributed by atoms with E-state index in [-0.39, 0.29) is 37.4 Å². The summed E-state index contributed by atoms with van der Waals surface area (Å²) in [6, 6.07) is 26.8. The zero-order valence-corrected chi connectivity index (χ0v) is 37.1. The lowest BCUT2D eigenvalue weighted by atomic mass is 9.77. The third-order valence-corrected chi connectivity index (χ3v) is 12.0. The first-order valence-electron chi connectivity index (χ1n) is 22.3. The van der Waals surface area contributed by atoms with E-state index in [0.29, 0.717) is 50.2 Å². The Labute approximate surface area is 365 Å². The molecule has 0 aliphatic heterocycles. The Balaban J connectivity index is 1.68. The van der Waals surface area contributed by atoms with E-state index < -0.39 is 17.4 Å². The largest absolute Gasteiger partial charge is 0.492 e. The van der Waals surface area contributed by atoms with Crippen molar-refractivity contribution >= 4 is 11.9 Å². The molecule has 8 heteroatoms. The van der Waals surface area contributed by atoms with Crippen LogP contribution in [0.25, 0.3) is 22.3 Å². The Kier molecular flexibility index (Phi) is 19.3. The first kappa shape index (κ1) is 48.0. The molecule has 1 aliphatic rings. The summed E-state index contributed by atoms with van der Waals surface area (Å²) in [6.07, 6.45) is 14.3. The normalized spacial score (nSPS) is 14.8. The van der Waals surface area contributed by atoms with Gasteiger partial charge in [-0.25, -0.2) is 9.59 Å². The van der Waals surface area contributed by atoms with Crippen LogP contribution in [0.15, 0.2) is 78.9 Å². The molecule has 8 nitrogen and oxygen atoms in total. The molecule has 1 saturated carbocycles. The highest BCUT2D eigenvalue weighted by Crippen LogP contribution is 2.40. The van der Waals surface area contributed by atoms with E-state index in [0.717, 1.165) is 34.6 Å². The summed E-state index contributed by atoms with van der Waals surface area (Å²) in [7, 11) is 0. The summed E-state index contributed by atoms with van der Waals surface area (Å²) in [5, 5.41) is 28.9. The van der Waals surface area contributed by atoms with Crippen LogP contribution in [0.3, 0.4) is 0 Å². The second-order valence-corrected chi connectivity index (χ2v) is 17.0. The average Bonchev–Trinajstić information content (AvgIpc) is 3.27. The van der Waals surface area contributed by atoms with Crippen molar-refractivity contribution in [3.63, 3.8) is 0 Å². The highest BCUT2D eigenvalue weighted by atomic mass is 16.6. The predicted octanol–water partition coefficient (Wildman–Crippen LogP) is 12.6. The molecule has 1 aliphatic carbocycles. The minimum atomic E-state index is -1.21. The van der Waals surface area contributed by atoms with Crippen LogP contribution >= 0.6 is 0 Å². The number of rotatable bonds is 24. The van der Waals surface area contributed by atoms with Gasteiger partial charge in [-0.3, -0.25) is 0 Å². The molecule has 61 heavy (non-hydrogen) atoms. The number of carbonyl (C=O) groups is 2. The zero-order valence-electron chi connectivity index (χ0n) is 37.1. The summed E-state index contributed by atoms with van der Waals surface area (Å²) in [6.45, 7) is 14.2. The molecule has 4 rings (SSSR count). The summed E-state index contributed by atoms with van der Waals surface area (Å²) in [5.74, 6) is 0.866. The van der Waals surface area contributed by atoms with Crippen molar-refractivity contribution in [2.45, 2.75) is 136 Å². The molecule has 3 aromatic rings. The Morgan fingerprint density at radius 2 is 1.25 bits per heavy atom. The zero-order chi connectivity index (χ0) is 44.2. The smallest absolute Gasteiger partial charge is 0.333 e. The van der Waals surface area contributed by atoms with Gasteiger partial charge in [-0.05, 0) is 140 Å². The van der Waals surface area contributed by atoms with E-state index in [2.05, 4.69) is 99.8 Å². The number of nitriles is 3. The first-order valence-corrected chi connectivity index (χ1v) is 22.3. The lowest BCUT2D eigenvalue weighted by Crippen LogP contribution is -2.40. The fraction of sp³-hybridized carbons (Fsp3) is 0.491. The van der Waals surface area contributed by atoms with E-state index in [1.807, 2.05) is 0 Å². The number of hydrogen-bond donors (Lipinski definition) is 0. The van der Waals surface area contributed by atoms with Crippen LogP contribution in [-0.4, -0.2) is 31.8 Å². The number of unbranched alkanes of at least 4 members (excludes halogenated alkanes) is 4. The molecule has 0 radical (unpaired) electrons. The highest BCUT2D eigenvalue weighted by Gasteiger charge is 2.36. The van der Waals surface area contributed by atoms with Gasteiger partial charge in [0.25, 0.3) is 0 Å². The van der Waals surface area contributed by atoms with Gasteiger partial charge in [0.1, 0.15) is 25.6 Å². The van der Waals surface area contributed by atoms with Crippen molar-refractivity contribution in [2.75, 3.05) is 19.8 Å². The van der Waals surface area contributed by atoms with E-state index >= 15 is 0 Å². The van der Waals surface area contributed by atoms with Gasteiger partial charge in [-0.2, -0.15) is 15.8 Å². The Morgan fingerprint density at radius 3 is 1.75 bits per heavy atom. The lowest BCUT2D eigenvalue weighted by Gasteiger charge is -2.31. The number of esters is 2. The minimum absolute atomic E-state index is 0.114. The molecule has 0 bridgehead atoms. The third kappa shape index (κ3) is 14.2. The van der Waals surface area contributed by atoms with Gasteiger partial charge < -0.3 is 14.2 Å². The van der Waals surface area contributed by atoms with Crippen molar-refractivity contribution in [1.29, 1.82) is 15.8 Å². The van der Waals surface area contributed by atoms with Crippen LogP contribution in [0, 0.1) is 45.3 Å². The minimum Gasteiger partial charge on any atom is -0.492 e. The van der Waals surface area contributed by atoms with Gasteiger partial charge in [-0.1, -0.05) is 95.2 Å². The standard InChI is InChI=1S/C53H65N3O5/c1-7-9-10-15-40-18-20-42(21-19-40)43-22-24-44(25-23-43)45-26-27-49(41(8-2)32-45)48-33-46(16-11-13-29-54)50(47(34-48)17-12-14-30-55)59-35-53(28-31-56,36-60-51(57)38(3)4)37-61-52(58)39(5)6/h22-27,32-34,40,42H,3,5,7-21,28,35-37H2,1-2,4,6H3. The van der Waals surface area contributed by atoms with Crippen molar-refractivity contribution in [1.82, 2.24) is 0 Å². The summed E-state index contributed by atoms with van der Waals surface area (Å²) >= 11 is 0. The second-order valence-electron chi connectivity index (χ2n) is 17.0. The number of ether oxygens (including phenoxy) is 3. The predicted molar refractivity (Wildman–Crippen MR) is 242 cm³/mol. The van der Waals surface area contributed by atoms with E-state index in [1.165, 1.54) is 87.5 Å². The molecule has 0 aromatic heterocycles. The molecule has 322 valence electrons. The second kappa shape index (κ2) is 24.6. The lowest BCUT2D eigenvalue weighted by molar-refractivity contribution is -0.150. The molecule has 0 unspecified atom stereocenters. The molecule has 0 amide bonds. The van der Waals surface area contributed by atoms with Gasteiger partial charge in [0.05, 0.1) is 30.0 Å². The molecule has 0 N–H and O–H groups in total. The van der Waals surface area contributed by atoms with Crippen LogP contribution in [-0.2, 0) is 38.3 Å². The fourth-order valence-electron chi connectivity index (χ4n) is 8.30. The summed E-state index contributed by atoms with van der Waals surface area (Å²) in [4.78, 5) is 25.1. The number of benzene rings is 3. The Bertz CT molecular complexity index is 2020. The van der Waals surface area contributed by atoms with Crippen LogP contribution in [0.1, 0.15) is 139 Å². The van der Waals surface area contributed by atoms with Gasteiger partial charge in [-0.15, -0.1) is 0 Å². The highest BCUT2D eigenvalue weighted by molar-refractivity contribution is 5.87. The van der Waals surface area contributed by atoms with Crippen molar-refractivity contribution in [3.05, 3.63) is 101 Å². The number of carbonyl (C=O) groups excluding carboxylic acids is 2. The maximum absolute atomic E-state index is 12.5. The Hall–Kier alpha value is -5.65. The van der Waals surface area contributed by atoms with Crippen LogP contribution in [0.5, 0.6) is 5.75 Å². The molecule has 0 heterocycles. The van der Waals surface area contributed by atoms with Gasteiger partial charge >= 0.3 is 11.9 Å². The maximum Gasteiger partial charge on any atom is 0.333 e. The molecular weight excluding hydrogens is 759 g/mol.